The summed E-state index contributed by atoms with van der Waals surface area (Å²) in [6.45, 7) is 22.5. The molecule has 6 aliphatic heterocycles. The number of aliphatic hydroxyl groups excluding tert-OH is 1. The van der Waals surface area contributed by atoms with Crippen molar-refractivity contribution in [3.8, 4) is 0 Å². The van der Waals surface area contributed by atoms with Crippen molar-refractivity contribution < 1.29 is 57.3 Å². The van der Waals surface area contributed by atoms with Gasteiger partial charge in [0.15, 0.2) is 17.3 Å². The lowest BCUT2D eigenvalue weighted by Crippen LogP contribution is -2.49. The normalized spacial score (nSPS) is 31.9. The third-order valence-corrected chi connectivity index (χ3v) is 28.1. The quantitative estimate of drug-likeness (QED) is 0.0467. The Balaban J connectivity index is 0.000000151. The van der Waals surface area contributed by atoms with Crippen LogP contribution >= 0.6 is 69.6 Å². The van der Waals surface area contributed by atoms with Gasteiger partial charge in [0.25, 0.3) is 0 Å². The van der Waals surface area contributed by atoms with Crippen LogP contribution in [0.3, 0.4) is 0 Å². The van der Waals surface area contributed by atoms with Crippen LogP contribution in [0, 0.1) is 51.5 Å². The van der Waals surface area contributed by atoms with E-state index in [0.717, 1.165) is 44.1 Å². The zero-order valence-corrected chi connectivity index (χ0v) is 72.4. The first-order valence-corrected chi connectivity index (χ1v) is 43.3. The fraction of sp³-hybridized carbons (Fsp3) is 0.543. The van der Waals surface area contributed by atoms with E-state index in [1.165, 1.54) is 24.3 Å². The molecule has 15 rings (SSSR count). The van der Waals surface area contributed by atoms with Crippen molar-refractivity contribution in [3.05, 3.63) is 190 Å². The van der Waals surface area contributed by atoms with Crippen LogP contribution in [0.2, 0.25) is 30.1 Å². The number of hydrogen-bond donors (Lipinski definition) is 9. The molecule has 0 aromatic heterocycles. The summed E-state index contributed by atoms with van der Waals surface area (Å²) in [5.74, 6) is -4.46. The number of halogens is 9. The van der Waals surface area contributed by atoms with Gasteiger partial charge in [0.05, 0.1) is 50.5 Å². The second-order valence-corrected chi connectivity index (χ2v) is 41.4. The maximum Gasteiger partial charge on any atom is 0.237 e. The van der Waals surface area contributed by atoms with E-state index in [4.69, 9.17) is 69.6 Å². The van der Waals surface area contributed by atoms with Gasteiger partial charge in [-0.25, -0.2) is 13.2 Å². The van der Waals surface area contributed by atoms with Gasteiger partial charge in [-0.1, -0.05) is 180 Å². The molecule has 3 saturated heterocycles. The van der Waals surface area contributed by atoms with Gasteiger partial charge in [-0.2, -0.15) is 0 Å². The molecule has 0 unspecified atom stereocenters. The third kappa shape index (κ3) is 17.4. The lowest BCUT2D eigenvalue weighted by Gasteiger charge is -2.38. The predicted octanol–water partition coefficient (Wildman–Crippen LogP) is 20.0. The van der Waals surface area contributed by atoms with E-state index in [1.807, 2.05) is 44.2 Å². The summed E-state index contributed by atoms with van der Waals surface area (Å²) in [5, 5.41) is 51.8. The molecular formula is C92H109Cl6F3N6O9. The molecule has 624 valence electrons. The number of fused-ring (bicyclic) bond motifs is 6. The van der Waals surface area contributed by atoms with Crippen LogP contribution < -0.4 is 31.9 Å². The molecule has 15 nitrogen and oxygen atoms in total. The summed E-state index contributed by atoms with van der Waals surface area (Å²) in [6, 6.07) is 26.7. The molecule has 6 aromatic rings. The first-order chi connectivity index (χ1) is 54.3. The third-order valence-electron chi connectivity index (χ3n) is 26.5. The van der Waals surface area contributed by atoms with Gasteiger partial charge in [-0.05, 0) is 238 Å². The van der Waals surface area contributed by atoms with E-state index in [1.54, 1.807) is 54.6 Å². The highest BCUT2D eigenvalue weighted by atomic mass is 35.5. The highest BCUT2D eigenvalue weighted by Crippen LogP contribution is 2.62. The molecule has 9 N–H and O–H groups in total. The molecule has 3 aliphatic carbocycles. The van der Waals surface area contributed by atoms with Crippen LogP contribution in [0.4, 0.5) is 30.2 Å². The fourth-order valence-electron chi connectivity index (χ4n) is 21.2. The summed E-state index contributed by atoms with van der Waals surface area (Å²) < 4.78 is 46.7. The largest absolute Gasteiger partial charge is 0.393 e. The summed E-state index contributed by atoms with van der Waals surface area (Å²) in [7, 11) is 0. The molecule has 9 aliphatic rings. The van der Waals surface area contributed by atoms with Crippen LogP contribution in [0.25, 0.3) is 0 Å². The Bertz CT molecular complexity index is 4590. The first kappa shape index (κ1) is 87.8. The summed E-state index contributed by atoms with van der Waals surface area (Å²) in [6.07, 6.45) is 11.0. The van der Waals surface area contributed by atoms with Gasteiger partial charge in [0.2, 0.25) is 17.7 Å². The van der Waals surface area contributed by atoms with Gasteiger partial charge in [0.1, 0.15) is 33.7 Å². The van der Waals surface area contributed by atoms with Gasteiger partial charge in [-0.15, -0.1) is 0 Å². The summed E-state index contributed by atoms with van der Waals surface area (Å²) in [4.78, 5) is 84.9. The van der Waals surface area contributed by atoms with E-state index in [9.17, 15) is 48.5 Å². The minimum absolute atomic E-state index is 0.0304. The van der Waals surface area contributed by atoms with Crippen LogP contribution in [0.15, 0.2) is 109 Å². The number of benzene rings is 6. The Morgan fingerprint density at radius 2 is 0.767 bits per heavy atom. The van der Waals surface area contributed by atoms with Gasteiger partial charge in [-0.3, -0.25) is 28.8 Å². The topological polar surface area (TPSA) is 235 Å². The smallest absolute Gasteiger partial charge is 0.237 e. The van der Waals surface area contributed by atoms with Crippen molar-refractivity contribution in [2.45, 2.75) is 279 Å². The SMILES string of the molecule is CC(C)(C)C[C@H]1N[C@@H](C(=O)CC2CCC(C)(O)CC2)[C@H](c2cccc(Cl)c2F)[C@@]12C(=O)Nc1cc(Cl)ccc12.CC(C)(C)C[C@H]1N[C@@H](C(=O)CC2CCC(C)(O)CC2)[C@H](c2cccc(Cl)c2F)[C@@]12C(=O)Nc1cc(Cl)ccc12.CC(C)(C)C[C@H]1N[C@@H](C(=O)CC2CCC(O)CC2)[C@H](c2cccc(Cl)c2)[C@@]12C(=O)Nc1cc(Cl)c(F)cc12. The number of aliphatic hydroxyl groups is 3. The molecule has 3 amide bonds. The Morgan fingerprint density at radius 3 is 1.15 bits per heavy atom. The maximum atomic E-state index is 15.9. The van der Waals surface area contributed by atoms with E-state index < -0.39 is 98.9 Å². The van der Waals surface area contributed by atoms with Crippen LogP contribution in [-0.4, -0.2) is 104 Å². The van der Waals surface area contributed by atoms with Gasteiger partial charge >= 0.3 is 0 Å². The highest BCUT2D eigenvalue weighted by Gasteiger charge is 2.69. The Morgan fingerprint density at radius 1 is 0.422 bits per heavy atom. The second kappa shape index (κ2) is 33.5. The van der Waals surface area contributed by atoms with Gasteiger partial charge < -0.3 is 47.2 Å². The van der Waals surface area contributed by atoms with Crippen LogP contribution in [0.1, 0.15) is 243 Å². The van der Waals surface area contributed by atoms with E-state index in [-0.39, 0.29) is 101 Å². The molecular weight excluding hydrogens is 1600 g/mol. The van der Waals surface area contributed by atoms with E-state index >= 15 is 8.78 Å². The highest BCUT2D eigenvalue weighted by molar-refractivity contribution is 6.33. The van der Waals surface area contributed by atoms with E-state index in [2.05, 4.69) is 94.2 Å². The standard InChI is InChI=1S/2C31H37Cl2FN2O3.C30H35Cl2FN2O3/c2*1-29(2,3)16-24-31(20-9-8-18(32)15-22(20)35-28(31)38)25(19-6-5-7-21(33)26(19)34)27(36-24)23(37)14-17-10-12-30(4,39)13-11-17;1-29(2,3)15-25-30(20-13-22(33)21(32)14-23(20)34-28(30)38)26(17-5-4-6-18(31)12-17)27(35-25)24(37)11-16-7-9-19(36)10-8-16/h2*5-9,15,17,24-25,27,36,39H,10-14,16H2,1-4H3,(H,35,38);4-6,12-14,16,19,25-27,35-36H,7-11,15H2,1-3H3,(H,34,38)/t2*17?,24-,25+,27+,30?,31+;16?,19?,25-,26+,27+,30+/m111/s1. The molecule has 24 heteroatoms. The number of rotatable bonds is 15. The monoisotopic (exact) mass is 1710 g/mol. The maximum absolute atomic E-state index is 15.9. The van der Waals surface area contributed by atoms with Crippen molar-refractivity contribution in [3.63, 3.8) is 0 Å². The minimum Gasteiger partial charge on any atom is -0.393 e. The molecule has 0 bridgehead atoms. The number of ketones is 3. The van der Waals surface area contributed by atoms with E-state index in [0.29, 0.717) is 126 Å². The molecule has 3 spiro atoms. The number of Topliss-reactive ketones (excluding diaryl/α,β-unsaturated/α-hetero) is 3. The fourth-order valence-corrected chi connectivity index (χ4v) is 22.3. The summed E-state index contributed by atoms with van der Waals surface area (Å²) >= 11 is 37.7. The number of anilines is 3. The van der Waals surface area contributed by atoms with Crippen LogP contribution in [0.5, 0.6) is 0 Å². The molecule has 0 radical (unpaired) electrons. The molecule has 12 atom stereocenters. The zero-order valence-electron chi connectivity index (χ0n) is 67.8. The second-order valence-electron chi connectivity index (χ2n) is 38.9. The molecule has 6 heterocycles. The van der Waals surface area contributed by atoms with Crippen molar-refractivity contribution in [1.29, 1.82) is 0 Å². The zero-order chi connectivity index (χ0) is 84.1. The number of nitrogens with one attached hydrogen (secondary N) is 6. The predicted molar refractivity (Wildman–Crippen MR) is 454 cm³/mol. The average Bonchev–Trinajstić information content (AvgIpc) is 1.54. The number of hydrogen-bond acceptors (Lipinski definition) is 12. The summed E-state index contributed by atoms with van der Waals surface area (Å²) in [5.41, 5.74) is -0.809. The molecule has 6 aromatic carbocycles. The minimum atomic E-state index is -1.24. The molecule has 6 fully saturated rings. The average molecular weight is 1710 g/mol. The Kier molecular flexibility index (Phi) is 25.3. The number of carbonyl (C=O) groups is 6. The van der Waals surface area contributed by atoms with Gasteiger partial charge in [0, 0.05) is 87.3 Å². The lowest BCUT2D eigenvalue weighted by atomic mass is 9.62. The first-order valence-electron chi connectivity index (χ1n) is 41.0. The van der Waals surface area contributed by atoms with Crippen molar-refractivity contribution in [2.75, 3.05) is 16.0 Å². The number of carbonyl (C=O) groups excluding carboxylic acids is 6. The van der Waals surface area contributed by atoms with Crippen molar-refractivity contribution in [1.82, 2.24) is 16.0 Å². The molecule has 3 saturated carbocycles. The van der Waals surface area contributed by atoms with Crippen molar-refractivity contribution in [2.24, 2.45) is 34.0 Å². The lowest BCUT2D eigenvalue weighted by molar-refractivity contribution is -0.125. The Labute approximate surface area is 709 Å². The molecule has 116 heavy (non-hydrogen) atoms. The van der Waals surface area contributed by atoms with Crippen LogP contribution in [-0.2, 0) is 45.0 Å². The Hall–Kier alpha value is -5.97. The number of amides is 3. The van der Waals surface area contributed by atoms with Crippen molar-refractivity contribution >= 4 is 122 Å².